The van der Waals surface area contributed by atoms with Crippen LogP contribution in [0.15, 0.2) is 76.7 Å². The molecule has 0 bridgehead atoms. The molecule has 3 rings (SSSR count). The lowest BCUT2D eigenvalue weighted by atomic mass is 10.2. The van der Waals surface area contributed by atoms with Crippen molar-refractivity contribution in [2.24, 2.45) is 0 Å². The smallest absolute Gasteiger partial charge is 0.252 e. The zero-order chi connectivity index (χ0) is 17.5. The minimum Gasteiger partial charge on any atom is -0.343 e. The first-order chi connectivity index (χ1) is 12.3. The van der Waals surface area contributed by atoms with Crippen LogP contribution in [0, 0.1) is 0 Å². The number of amides is 1. The van der Waals surface area contributed by atoms with Crippen molar-refractivity contribution in [3.05, 3.63) is 78.7 Å². The molecule has 3 aromatic rings. The first-order valence-corrected chi connectivity index (χ1v) is 8.75. The maximum Gasteiger partial charge on any atom is 0.252 e. The summed E-state index contributed by atoms with van der Waals surface area (Å²) in [5.41, 5.74) is 1.49. The summed E-state index contributed by atoms with van der Waals surface area (Å²) in [7, 11) is 0. The first-order valence-electron chi connectivity index (χ1n) is 7.77. The Labute approximate surface area is 150 Å². The number of rotatable bonds is 7. The molecule has 0 aliphatic rings. The Morgan fingerprint density at radius 1 is 1.16 bits per heavy atom. The Morgan fingerprint density at radius 2 is 1.92 bits per heavy atom. The molecule has 2 aromatic carbocycles. The van der Waals surface area contributed by atoms with Gasteiger partial charge in [0.2, 0.25) is 11.7 Å². The molecular formula is C19H17N3O2S. The summed E-state index contributed by atoms with van der Waals surface area (Å²) >= 11 is 1.57. The summed E-state index contributed by atoms with van der Waals surface area (Å²) in [6.07, 6.45) is 1.81. The van der Waals surface area contributed by atoms with Crippen molar-refractivity contribution in [3.8, 4) is 11.4 Å². The maximum absolute atomic E-state index is 12.4. The van der Waals surface area contributed by atoms with Crippen molar-refractivity contribution in [2.45, 2.75) is 11.4 Å². The van der Waals surface area contributed by atoms with E-state index in [0.717, 1.165) is 16.2 Å². The van der Waals surface area contributed by atoms with Crippen LogP contribution in [0.4, 0.5) is 0 Å². The zero-order valence-electron chi connectivity index (χ0n) is 13.5. The van der Waals surface area contributed by atoms with Crippen LogP contribution in [-0.2, 0) is 6.54 Å². The Morgan fingerprint density at radius 3 is 2.72 bits per heavy atom. The second kappa shape index (κ2) is 8.30. The summed E-state index contributed by atoms with van der Waals surface area (Å²) in [6.45, 7) is 3.88. The molecule has 0 spiro atoms. The van der Waals surface area contributed by atoms with E-state index in [0.29, 0.717) is 17.3 Å². The minimum atomic E-state index is -0.174. The Kier molecular flexibility index (Phi) is 5.64. The number of carbonyl (C=O) groups is 1. The Balaban J connectivity index is 1.65. The van der Waals surface area contributed by atoms with Gasteiger partial charge < -0.3 is 9.84 Å². The monoisotopic (exact) mass is 351 g/mol. The molecule has 0 aliphatic carbocycles. The summed E-state index contributed by atoms with van der Waals surface area (Å²) < 4.78 is 5.21. The molecule has 0 fully saturated rings. The van der Waals surface area contributed by atoms with Crippen molar-refractivity contribution >= 4 is 17.7 Å². The fraction of sp³-hybridized carbons (Fsp3) is 0.105. The van der Waals surface area contributed by atoms with E-state index in [2.05, 4.69) is 22.0 Å². The van der Waals surface area contributed by atoms with Crippen LogP contribution in [0.3, 0.4) is 0 Å². The van der Waals surface area contributed by atoms with Crippen molar-refractivity contribution in [3.63, 3.8) is 0 Å². The minimum absolute atomic E-state index is 0.174. The van der Waals surface area contributed by atoms with Crippen molar-refractivity contribution < 1.29 is 9.32 Å². The van der Waals surface area contributed by atoms with Crippen LogP contribution in [0.2, 0.25) is 0 Å². The summed E-state index contributed by atoms with van der Waals surface area (Å²) in [4.78, 5) is 17.7. The van der Waals surface area contributed by atoms with Gasteiger partial charge in [-0.1, -0.05) is 53.7 Å². The normalized spacial score (nSPS) is 10.4. The zero-order valence-corrected chi connectivity index (χ0v) is 14.3. The average Bonchev–Trinajstić information content (AvgIpc) is 3.14. The molecule has 0 aliphatic heterocycles. The molecule has 25 heavy (non-hydrogen) atoms. The predicted octanol–water partition coefficient (Wildman–Crippen LogP) is 3.94. The van der Waals surface area contributed by atoms with Crippen LogP contribution in [0.1, 0.15) is 16.2 Å². The van der Waals surface area contributed by atoms with Crippen molar-refractivity contribution in [2.75, 3.05) is 5.75 Å². The fourth-order valence-corrected chi connectivity index (χ4v) is 3.00. The van der Waals surface area contributed by atoms with Crippen LogP contribution < -0.4 is 5.32 Å². The lowest BCUT2D eigenvalue weighted by molar-refractivity contribution is 0.0943. The molecule has 1 heterocycles. The van der Waals surface area contributed by atoms with Gasteiger partial charge in [0.15, 0.2) is 0 Å². The highest BCUT2D eigenvalue weighted by atomic mass is 32.2. The molecule has 1 aromatic heterocycles. The van der Waals surface area contributed by atoms with E-state index >= 15 is 0 Å². The van der Waals surface area contributed by atoms with Crippen LogP contribution >= 0.6 is 11.8 Å². The first kappa shape index (κ1) is 17.0. The highest BCUT2D eigenvalue weighted by Crippen LogP contribution is 2.22. The Hall–Kier alpha value is -2.86. The SMILES string of the molecule is C=CCSc1ccccc1C(=O)NCc1nc(-c2ccccc2)no1. The quantitative estimate of drug-likeness (QED) is 0.516. The Bertz CT molecular complexity index is 862. The van der Waals surface area contributed by atoms with E-state index in [1.54, 1.807) is 17.8 Å². The molecule has 126 valence electrons. The van der Waals surface area contributed by atoms with E-state index in [1.807, 2.05) is 54.6 Å². The van der Waals surface area contributed by atoms with Gasteiger partial charge in [-0.15, -0.1) is 18.3 Å². The molecule has 6 heteroatoms. The van der Waals surface area contributed by atoms with Gasteiger partial charge >= 0.3 is 0 Å². The van der Waals surface area contributed by atoms with Crippen LogP contribution in [0.5, 0.6) is 0 Å². The lowest BCUT2D eigenvalue weighted by Crippen LogP contribution is -2.23. The summed E-state index contributed by atoms with van der Waals surface area (Å²) in [5, 5.41) is 6.77. The van der Waals surface area contributed by atoms with E-state index in [-0.39, 0.29) is 12.5 Å². The van der Waals surface area contributed by atoms with Gasteiger partial charge in [-0.05, 0) is 12.1 Å². The van der Waals surface area contributed by atoms with Crippen LogP contribution in [0.25, 0.3) is 11.4 Å². The second-order valence-corrected chi connectivity index (χ2v) is 6.22. The molecule has 0 radical (unpaired) electrons. The molecule has 0 atom stereocenters. The molecule has 0 unspecified atom stereocenters. The number of nitrogens with one attached hydrogen (secondary N) is 1. The lowest BCUT2D eigenvalue weighted by Gasteiger charge is -2.07. The molecular weight excluding hydrogens is 334 g/mol. The molecule has 0 saturated carbocycles. The van der Waals surface area contributed by atoms with Crippen molar-refractivity contribution in [1.29, 1.82) is 0 Å². The second-order valence-electron chi connectivity index (χ2n) is 5.16. The van der Waals surface area contributed by atoms with Gasteiger partial charge in [-0.25, -0.2) is 0 Å². The predicted molar refractivity (Wildman–Crippen MR) is 98.3 cm³/mol. The third-order valence-electron chi connectivity index (χ3n) is 3.39. The maximum atomic E-state index is 12.4. The molecule has 0 saturated heterocycles. The molecule has 5 nitrogen and oxygen atoms in total. The number of nitrogens with zero attached hydrogens (tertiary/aromatic N) is 2. The van der Waals surface area contributed by atoms with Gasteiger partial charge in [-0.3, -0.25) is 4.79 Å². The van der Waals surface area contributed by atoms with Gasteiger partial charge in [0.05, 0.1) is 12.1 Å². The average molecular weight is 351 g/mol. The number of thioether (sulfide) groups is 1. The van der Waals surface area contributed by atoms with Gasteiger partial charge in [-0.2, -0.15) is 4.98 Å². The molecule has 1 N–H and O–H groups in total. The molecule has 1 amide bonds. The highest BCUT2D eigenvalue weighted by molar-refractivity contribution is 7.99. The number of aromatic nitrogens is 2. The van der Waals surface area contributed by atoms with E-state index in [1.165, 1.54) is 0 Å². The van der Waals surface area contributed by atoms with Gasteiger partial charge in [0.25, 0.3) is 5.91 Å². The van der Waals surface area contributed by atoms with E-state index < -0.39 is 0 Å². The highest BCUT2D eigenvalue weighted by Gasteiger charge is 2.13. The van der Waals surface area contributed by atoms with Gasteiger partial charge in [0.1, 0.15) is 0 Å². The van der Waals surface area contributed by atoms with Gasteiger partial charge in [0, 0.05) is 16.2 Å². The summed E-state index contributed by atoms with van der Waals surface area (Å²) in [5.74, 6) is 1.44. The third-order valence-corrected chi connectivity index (χ3v) is 4.46. The van der Waals surface area contributed by atoms with Crippen LogP contribution in [-0.4, -0.2) is 21.8 Å². The third kappa shape index (κ3) is 4.36. The van der Waals surface area contributed by atoms with Crippen molar-refractivity contribution in [1.82, 2.24) is 15.5 Å². The summed E-state index contributed by atoms with van der Waals surface area (Å²) in [6, 6.07) is 17.0. The fourth-order valence-electron chi connectivity index (χ4n) is 2.21. The van der Waals surface area contributed by atoms with E-state index in [4.69, 9.17) is 4.52 Å². The number of benzene rings is 2. The topological polar surface area (TPSA) is 68.0 Å². The number of hydrogen-bond donors (Lipinski definition) is 1. The number of carbonyl (C=O) groups excluding carboxylic acids is 1. The van der Waals surface area contributed by atoms with E-state index in [9.17, 15) is 4.79 Å². The largest absolute Gasteiger partial charge is 0.343 e. The standard InChI is InChI=1S/C19H17N3O2S/c1-2-12-25-16-11-7-6-10-15(16)19(23)20-13-17-21-18(22-24-17)14-8-4-3-5-9-14/h2-11H,1,12-13H2,(H,20,23). The number of hydrogen-bond acceptors (Lipinski definition) is 5.